The van der Waals surface area contributed by atoms with Crippen molar-refractivity contribution in [2.75, 3.05) is 11.1 Å². The van der Waals surface area contributed by atoms with Gasteiger partial charge < -0.3 is 10.4 Å². The van der Waals surface area contributed by atoms with E-state index in [0.717, 1.165) is 28.9 Å². The lowest BCUT2D eigenvalue weighted by molar-refractivity contribution is -0.113. The Morgan fingerprint density at radius 1 is 1.21 bits per heavy atom. The molecule has 1 amide bonds. The van der Waals surface area contributed by atoms with Crippen LogP contribution < -0.4 is 5.32 Å². The van der Waals surface area contributed by atoms with Gasteiger partial charge in [-0.05, 0) is 48.7 Å². The fraction of sp³-hybridized carbons (Fsp3) is 0.227. The number of carboxylic acids is 1. The summed E-state index contributed by atoms with van der Waals surface area (Å²) in [5.41, 5.74) is 5.09. The first-order valence-corrected chi connectivity index (χ1v) is 10.5. The number of aryl methyl sites for hydroxylation is 2. The molecule has 1 unspecified atom stereocenters. The van der Waals surface area contributed by atoms with E-state index in [9.17, 15) is 9.59 Å². The molecule has 0 radical (unpaired) electrons. The molecule has 1 aliphatic heterocycles. The van der Waals surface area contributed by atoms with Crippen LogP contribution >= 0.6 is 11.8 Å². The monoisotopic (exact) mass is 407 g/mol. The van der Waals surface area contributed by atoms with Crippen LogP contribution in [0.1, 0.15) is 44.9 Å². The van der Waals surface area contributed by atoms with Crippen molar-refractivity contribution in [3.8, 4) is 5.69 Å². The smallest absolute Gasteiger partial charge is 0.335 e. The predicted molar refractivity (Wildman–Crippen MR) is 114 cm³/mol. The van der Waals surface area contributed by atoms with Gasteiger partial charge in [0.25, 0.3) is 0 Å². The van der Waals surface area contributed by atoms with Gasteiger partial charge in [0.1, 0.15) is 5.82 Å². The number of nitrogens with one attached hydrogen (secondary N) is 1. The van der Waals surface area contributed by atoms with Crippen molar-refractivity contribution in [1.29, 1.82) is 0 Å². The zero-order valence-corrected chi connectivity index (χ0v) is 17.0. The third-order valence-electron chi connectivity index (χ3n) is 5.06. The fourth-order valence-corrected chi connectivity index (χ4v) is 4.70. The normalized spacial score (nSPS) is 16.1. The van der Waals surface area contributed by atoms with E-state index >= 15 is 0 Å². The summed E-state index contributed by atoms with van der Waals surface area (Å²) >= 11 is 1.52. The van der Waals surface area contributed by atoms with Crippen LogP contribution in [-0.4, -0.2) is 32.5 Å². The molecule has 1 aromatic heterocycles. The van der Waals surface area contributed by atoms with Gasteiger partial charge in [0.05, 0.1) is 27.9 Å². The molecule has 2 heterocycles. The quantitative estimate of drug-likeness (QED) is 0.677. The third kappa shape index (κ3) is 3.65. The highest BCUT2D eigenvalue weighted by atomic mass is 32.2. The van der Waals surface area contributed by atoms with E-state index in [1.807, 2.05) is 31.2 Å². The molecular weight excluding hydrogens is 386 g/mol. The van der Waals surface area contributed by atoms with Gasteiger partial charge in [-0.25, -0.2) is 9.48 Å². The van der Waals surface area contributed by atoms with Crippen LogP contribution in [0.3, 0.4) is 0 Å². The van der Waals surface area contributed by atoms with Crippen LogP contribution in [0.4, 0.5) is 5.82 Å². The van der Waals surface area contributed by atoms with Gasteiger partial charge in [-0.2, -0.15) is 5.10 Å². The molecule has 0 saturated carbocycles. The second kappa shape index (κ2) is 7.75. The summed E-state index contributed by atoms with van der Waals surface area (Å²) in [6.45, 7) is 4.04. The molecular formula is C22H21N3O3S. The summed E-state index contributed by atoms with van der Waals surface area (Å²) in [6, 6.07) is 15.0. The Labute approximate surface area is 172 Å². The zero-order valence-electron chi connectivity index (χ0n) is 16.2. The van der Waals surface area contributed by atoms with Gasteiger partial charge in [0.2, 0.25) is 5.91 Å². The SMILES string of the molecule is CCc1ccc(-n2nc(C)c3c2NC(=O)CSC3c2ccc(C(=O)O)cc2)cc1. The maximum absolute atomic E-state index is 12.4. The van der Waals surface area contributed by atoms with Crippen molar-refractivity contribution in [3.05, 3.63) is 76.5 Å². The molecule has 4 rings (SSSR count). The average molecular weight is 407 g/mol. The molecule has 1 aliphatic rings. The Hall–Kier alpha value is -3.06. The summed E-state index contributed by atoms with van der Waals surface area (Å²) in [6.07, 6.45) is 0.957. The summed E-state index contributed by atoms with van der Waals surface area (Å²) in [7, 11) is 0. The molecule has 0 spiro atoms. The van der Waals surface area contributed by atoms with Crippen molar-refractivity contribution in [1.82, 2.24) is 9.78 Å². The number of aromatic nitrogens is 2. The molecule has 2 aromatic carbocycles. The number of thioether (sulfide) groups is 1. The Morgan fingerprint density at radius 2 is 1.90 bits per heavy atom. The number of carboxylic acid groups (broad SMARTS) is 1. The molecule has 6 nitrogen and oxygen atoms in total. The number of carbonyl (C=O) groups excluding carboxylic acids is 1. The maximum Gasteiger partial charge on any atom is 0.335 e. The lowest BCUT2D eigenvalue weighted by Gasteiger charge is -2.15. The minimum absolute atomic E-state index is 0.0766. The Kier molecular flexibility index (Phi) is 5.15. The third-order valence-corrected chi connectivity index (χ3v) is 6.33. The van der Waals surface area contributed by atoms with E-state index in [2.05, 4.69) is 24.4 Å². The number of fused-ring (bicyclic) bond motifs is 1. The topological polar surface area (TPSA) is 84.2 Å². The highest BCUT2D eigenvalue weighted by Crippen LogP contribution is 2.43. The molecule has 2 N–H and O–H groups in total. The zero-order chi connectivity index (χ0) is 20.5. The van der Waals surface area contributed by atoms with E-state index in [1.165, 1.54) is 17.3 Å². The lowest BCUT2D eigenvalue weighted by Crippen LogP contribution is -2.15. The fourth-order valence-electron chi connectivity index (χ4n) is 3.51. The highest BCUT2D eigenvalue weighted by Gasteiger charge is 2.30. The number of anilines is 1. The minimum Gasteiger partial charge on any atom is -0.478 e. The standard InChI is InChI=1S/C22H21N3O3S/c1-3-14-4-10-17(11-5-14)25-21-19(13(2)24-25)20(29-12-18(26)23-21)15-6-8-16(9-7-15)22(27)28/h4-11,20H,3,12H2,1-2H3,(H,23,26)(H,27,28). The van der Waals surface area contributed by atoms with Crippen LogP contribution in [-0.2, 0) is 11.2 Å². The molecule has 1 atom stereocenters. The van der Waals surface area contributed by atoms with E-state index in [0.29, 0.717) is 11.6 Å². The Bertz CT molecular complexity index is 1070. The van der Waals surface area contributed by atoms with E-state index in [1.54, 1.807) is 16.8 Å². The highest BCUT2D eigenvalue weighted by molar-refractivity contribution is 8.00. The average Bonchev–Trinajstić information content (AvgIpc) is 2.93. The molecule has 0 fully saturated rings. The van der Waals surface area contributed by atoms with E-state index < -0.39 is 5.97 Å². The number of carbonyl (C=O) groups is 2. The molecule has 3 aromatic rings. The van der Waals surface area contributed by atoms with E-state index in [-0.39, 0.29) is 16.7 Å². The van der Waals surface area contributed by atoms with Crippen molar-refractivity contribution < 1.29 is 14.7 Å². The van der Waals surface area contributed by atoms with Crippen LogP contribution in [0.25, 0.3) is 5.69 Å². The molecule has 0 bridgehead atoms. The number of rotatable bonds is 4. The number of nitrogens with zero attached hydrogens (tertiary/aromatic N) is 2. The molecule has 0 saturated heterocycles. The first-order valence-electron chi connectivity index (χ1n) is 9.41. The van der Waals surface area contributed by atoms with Gasteiger partial charge >= 0.3 is 5.97 Å². The lowest BCUT2D eigenvalue weighted by atomic mass is 10.0. The number of aromatic carboxylic acids is 1. The molecule has 7 heteroatoms. The van der Waals surface area contributed by atoms with Crippen LogP contribution in [0.15, 0.2) is 48.5 Å². The second-order valence-electron chi connectivity index (χ2n) is 6.95. The van der Waals surface area contributed by atoms with Crippen molar-refractivity contribution in [2.45, 2.75) is 25.5 Å². The van der Waals surface area contributed by atoms with Gasteiger partial charge in [-0.15, -0.1) is 11.8 Å². The van der Waals surface area contributed by atoms with Crippen LogP contribution in [0.5, 0.6) is 0 Å². The molecule has 0 aliphatic carbocycles. The number of benzene rings is 2. The Balaban J connectivity index is 1.81. The van der Waals surface area contributed by atoms with Gasteiger partial charge in [0.15, 0.2) is 0 Å². The molecule has 29 heavy (non-hydrogen) atoms. The first kappa shape index (κ1) is 19.3. The van der Waals surface area contributed by atoms with Crippen LogP contribution in [0, 0.1) is 6.92 Å². The number of amides is 1. The van der Waals surface area contributed by atoms with Gasteiger partial charge in [-0.3, -0.25) is 4.79 Å². The summed E-state index contributed by atoms with van der Waals surface area (Å²) in [5, 5.41) is 16.8. The summed E-state index contributed by atoms with van der Waals surface area (Å²) in [5.74, 6) is -0.0442. The number of hydrogen-bond donors (Lipinski definition) is 2. The van der Waals surface area contributed by atoms with Crippen molar-refractivity contribution in [3.63, 3.8) is 0 Å². The first-order chi connectivity index (χ1) is 14.0. The van der Waals surface area contributed by atoms with Crippen molar-refractivity contribution >= 4 is 29.5 Å². The van der Waals surface area contributed by atoms with Gasteiger partial charge in [-0.1, -0.05) is 31.2 Å². The Morgan fingerprint density at radius 3 is 2.52 bits per heavy atom. The maximum atomic E-state index is 12.4. The van der Waals surface area contributed by atoms with Crippen LogP contribution in [0.2, 0.25) is 0 Å². The largest absolute Gasteiger partial charge is 0.478 e. The van der Waals surface area contributed by atoms with Gasteiger partial charge in [0, 0.05) is 5.56 Å². The second-order valence-corrected chi connectivity index (χ2v) is 8.04. The van der Waals surface area contributed by atoms with Crippen molar-refractivity contribution in [2.24, 2.45) is 0 Å². The summed E-state index contributed by atoms with van der Waals surface area (Å²) < 4.78 is 1.78. The minimum atomic E-state index is -0.956. The summed E-state index contributed by atoms with van der Waals surface area (Å²) in [4.78, 5) is 23.6. The predicted octanol–water partition coefficient (Wildman–Crippen LogP) is 4.22. The molecule has 148 valence electrons. The van der Waals surface area contributed by atoms with E-state index in [4.69, 9.17) is 10.2 Å². The number of hydrogen-bond acceptors (Lipinski definition) is 4.